The van der Waals surface area contributed by atoms with E-state index in [1.54, 1.807) is 6.92 Å². The molecule has 0 saturated carbocycles. The van der Waals surface area contributed by atoms with E-state index in [0.717, 1.165) is 38.2 Å². The van der Waals surface area contributed by atoms with E-state index < -0.39 is 0 Å². The molecular weight excluding hydrogens is 278 g/mol. The summed E-state index contributed by atoms with van der Waals surface area (Å²) in [5.74, 6) is 0.578. The quantitative estimate of drug-likeness (QED) is 0.214. The molecule has 5 heteroatoms. The van der Waals surface area contributed by atoms with Crippen LogP contribution in [0.25, 0.3) is 0 Å². The van der Waals surface area contributed by atoms with Crippen LogP contribution in [0.15, 0.2) is 17.1 Å². The fourth-order valence-corrected chi connectivity index (χ4v) is 1.73. The third-order valence-electron chi connectivity index (χ3n) is 2.75. The molecule has 0 bridgehead atoms. The Morgan fingerprint density at radius 1 is 1.05 bits per heavy atom. The summed E-state index contributed by atoms with van der Waals surface area (Å²) in [4.78, 5) is 15.7. The first-order valence-electron chi connectivity index (χ1n) is 8.23. The van der Waals surface area contributed by atoms with Crippen molar-refractivity contribution in [2.24, 2.45) is 4.99 Å². The Balaban J connectivity index is 3.77. The molecule has 128 valence electrons. The van der Waals surface area contributed by atoms with Crippen molar-refractivity contribution in [3.63, 3.8) is 0 Å². The molecule has 0 spiro atoms. The number of hydrogen-bond acceptors (Lipinski definition) is 3. The molecule has 0 saturated heterocycles. The van der Waals surface area contributed by atoms with Crippen LogP contribution < -0.4 is 10.6 Å². The van der Waals surface area contributed by atoms with Crippen molar-refractivity contribution >= 4 is 11.9 Å². The number of ether oxygens (including phenoxy) is 1. The van der Waals surface area contributed by atoms with Gasteiger partial charge in [-0.15, -0.1) is 0 Å². The van der Waals surface area contributed by atoms with Crippen LogP contribution in [0, 0.1) is 0 Å². The van der Waals surface area contributed by atoms with Crippen LogP contribution in [0.1, 0.15) is 60.3 Å². The number of carbonyl (C=O) groups is 1. The van der Waals surface area contributed by atoms with Gasteiger partial charge in [-0.25, -0.2) is 4.79 Å². The fraction of sp³-hybridized carbons (Fsp3) is 0.765. The Hall–Kier alpha value is -1.52. The van der Waals surface area contributed by atoms with Gasteiger partial charge >= 0.3 is 5.97 Å². The van der Waals surface area contributed by atoms with Gasteiger partial charge in [-0.2, -0.15) is 0 Å². The lowest BCUT2D eigenvalue weighted by atomic mass is 10.2. The molecule has 0 amide bonds. The Labute approximate surface area is 135 Å². The first kappa shape index (κ1) is 20.5. The molecule has 22 heavy (non-hydrogen) atoms. The molecule has 0 aromatic rings. The van der Waals surface area contributed by atoms with Crippen LogP contribution in [-0.4, -0.2) is 37.2 Å². The molecule has 0 aromatic heterocycles. The first-order chi connectivity index (χ1) is 10.3. The van der Waals surface area contributed by atoms with Gasteiger partial charge in [0.2, 0.25) is 0 Å². The minimum absolute atomic E-state index is 0.297. The molecule has 0 unspecified atom stereocenters. The highest BCUT2D eigenvalue weighted by Crippen LogP contribution is 2.02. The second-order valence-electron chi connectivity index (χ2n) is 6.16. The first-order valence-corrected chi connectivity index (χ1v) is 8.23. The Morgan fingerprint density at radius 3 is 2.09 bits per heavy atom. The van der Waals surface area contributed by atoms with E-state index in [4.69, 9.17) is 4.74 Å². The predicted molar refractivity (Wildman–Crippen MR) is 93.1 cm³/mol. The average molecular weight is 311 g/mol. The molecule has 0 aliphatic rings. The zero-order valence-electron chi connectivity index (χ0n) is 14.9. The number of guanidine groups is 1. The van der Waals surface area contributed by atoms with Gasteiger partial charge in [-0.1, -0.05) is 13.0 Å². The van der Waals surface area contributed by atoms with E-state index in [2.05, 4.69) is 49.9 Å². The lowest BCUT2D eigenvalue weighted by Gasteiger charge is -2.17. The second kappa shape index (κ2) is 12.1. The number of rotatable bonds is 10. The topological polar surface area (TPSA) is 62.7 Å². The van der Waals surface area contributed by atoms with Gasteiger partial charge in [0.05, 0.1) is 6.61 Å². The van der Waals surface area contributed by atoms with E-state index in [1.807, 2.05) is 0 Å². The van der Waals surface area contributed by atoms with Crippen molar-refractivity contribution in [2.45, 2.75) is 72.4 Å². The number of nitrogens with zero attached hydrogens (tertiary/aromatic N) is 1. The highest BCUT2D eigenvalue weighted by Gasteiger charge is 2.03. The average Bonchev–Trinajstić information content (AvgIpc) is 2.39. The highest BCUT2D eigenvalue weighted by molar-refractivity contribution is 5.86. The summed E-state index contributed by atoms with van der Waals surface area (Å²) in [6.45, 7) is 14.9. The Morgan fingerprint density at radius 2 is 1.59 bits per heavy atom. The molecule has 0 aliphatic carbocycles. The summed E-state index contributed by atoms with van der Waals surface area (Å²) in [7, 11) is 0. The zero-order chi connectivity index (χ0) is 17.0. The molecular formula is C17H33N3O2. The molecule has 0 atom stereocenters. The van der Waals surface area contributed by atoms with Gasteiger partial charge < -0.3 is 15.4 Å². The lowest BCUT2D eigenvalue weighted by molar-refractivity contribution is -0.139. The number of aliphatic imine (C=N–C) groups is 1. The van der Waals surface area contributed by atoms with Crippen molar-refractivity contribution in [1.29, 1.82) is 0 Å². The number of unbranched alkanes of at least 4 members (excludes halogenated alkanes) is 3. The van der Waals surface area contributed by atoms with Crippen LogP contribution >= 0.6 is 0 Å². The van der Waals surface area contributed by atoms with Crippen LogP contribution in [0.5, 0.6) is 0 Å². The smallest absolute Gasteiger partial charge is 0.333 e. The van der Waals surface area contributed by atoms with Gasteiger partial charge in [0, 0.05) is 24.2 Å². The molecule has 0 aromatic carbocycles. The van der Waals surface area contributed by atoms with E-state index in [0.29, 0.717) is 24.3 Å². The molecule has 2 N–H and O–H groups in total. The van der Waals surface area contributed by atoms with Gasteiger partial charge in [0.25, 0.3) is 0 Å². The third-order valence-corrected chi connectivity index (χ3v) is 2.75. The highest BCUT2D eigenvalue weighted by atomic mass is 16.5. The monoisotopic (exact) mass is 311 g/mol. The summed E-state index contributed by atoms with van der Waals surface area (Å²) < 4.78 is 5.05. The van der Waals surface area contributed by atoms with Gasteiger partial charge in [0.15, 0.2) is 5.96 Å². The van der Waals surface area contributed by atoms with Crippen LogP contribution in [0.3, 0.4) is 0 Å². The second-order valence-corrected chi connectivity index (χ2v) is 6.16. The SMILES string of the molecule is C=C(C)C(=O)OCCCCCCN=C(NC(C)C)NC(C)C. The molecule has 0 aliphatic heterocycles. The third kappa shape index (κ3) is 12.2. The number of esters is 1. The molecule has 0 heterocycles. The van der Waals surface area contributed by atoms with Gasteiger partial charge in [0.1, 0.15) is 0 Å². The summed E-state index contributed by atoms with van der Waals surface area (Å²) in [6, 6.07) is 0.737. The van der Waals surface area contributed by atoms with E-state index >= 15 is 0 Å². The molecule has 0 rings (SSSR count). The zero-order valence-corrected chi connectivity index (χ0v) is 14.9. The number of nitrogens with one attached hydrogen (secondary N) is 2. The summed E-state index contributed by atoms with van der Waals surface area (Å²) in [5.41, 5.74) is 0.456. The minimum Gasteiger partial charge on any atom is -0.462 e. The van der Waals surface area contributed by atoms with E-state index in [9.17, 15) is 4.79 Å². The maximum Gasteiger partial charge on any atom is 0.333 e. The Kier molecular flexibility index (Phi) is 11.2. The predicted octanol–water partition coefficient (Wildman–Crippen LogP) is 3.02. The van der Waals surface area contributed by atoms with E-state index in [1.165, 1.54) is 0 Å². The van der Waals surface area contributed by atoms with Crippen LogP contribution in [0.2, 0.25) is 0 Å². The molecule has 0 radical (unpaired) electrons. The van der Waals surface area contributed by atoms with Crippen molar-refractivity contribution in [1.82, 2.24) is 10.6 Å². The maximum atomic E-state index is 11.2. The van der Waals surface area contributed by atoms with Crippen molar-refractivity contribution < 1.29 is 9.53 Å². The Bertz CT molecular complexity index is 351. The minimum atomic E-state index is -0.297. The van der Waals surface area contributed by atoms with Crippen LogP contribution in [-0.2, 0) is 9.53 Å². The maximum absolute atomic E-state index is 11.2. The lowest BCUT2D eigenvalue weighted by Crippen LogP contribution is -2.44. The van der Waals surface area contributed by atoms with Crippen LogP contribution in [0.4, 0.5) is 0 Å². The van der Waals surface area contributed by atoms with Crippen molar-refractivity contribution in [2.75, 3.05) is 13.2 Å². The number of hydrogen-bond donors (Lipinski definition) is 2. The van der Waals surface area contributed by atoms with Crippen molar-refractivity contribution in [3.8, 4) is 0 Å². The summed E-state index contributed by atoms with van der Waals surface area (Å²) >= 11 is 0. The number of carbonyl (C=O) groups excluding carboxylic acids is 1. The summed E-state index contributed by atoms with van der Waals surface area (Å²) in [6.07, 6.45) is 4.07. The summed E-state index contributed by atoms with van der Waals surface area (Å²) in [5, 5.41) is 6.64. The molecule has 5 nitrogen and oxygen atoms in total. The standard InChI is InChI=1S/C17H33N3O2/c1-13(2)16(21)22-12-10-8-7-9-11-18-17(19-14(3)4)20-15(5)6/h14-15H,1,7-12H2,2-6H3,(H2,18,19,20). The van der Waals surface area contributed by atoms with E-state index in [-0.39, 0.29) is 5.97 Å². The van der Waals surface area contributed by atoms with Gasteiger partial charge in [-0.3, -0.25) is 4.99 Å². The van der Waals surface area contributed by atoms with Gasteiger partial charge in [-0.05, 0) is 53.9 Å². The van der Waals surface area contributed by atoms with Crippen molar-refractivity contribution in [3.05, 3.63) is 12.2 Å². The fourth-order valence-electron chi connectivity index (χ4n) is 1.73. The molecule has 0 fully saturated rings. The normalized spacial score (nSPS) is 10.5. The largest absolute Gasteiger partial charge is 0.462 e.